The fourth-order valence-electron chi connectivity index (χ4n) is 3.09. The lowest BCUT2D eigenvalue weighted by Gasteiger charge is -2.06. The number of nitrogens with one attached hydrogen (secondary N) is 2. The second-order valence-corrected chi connectivity index (χ2v) is 9.30. The number of nitrogens with zero attached hydrogens (tertiary/aromatic N) is 3. The molecule has 0 unspecified atom stereocenters. The summed E-state index contributed by atoms with van der Waals surface area (Å²) in [6.07, 6.45) is 6.08. The van der Waals surface area contributed by atoms with Crippen LogP contribution in [0, 0.1) is 6.92 Å². The normalized spacial score (nSPS) is 11.6. The number of aromatic amines is 1. The third-order valence-corrected chi connectivity index (χ3v) is 6.43. The van der Waals surface area contributed by atoms with Crippen LogP contribution in [0.25, 0.3) is 12.2 Å². The van der Waals surface area contributed by atoms with Gasteiger partial charge >= 0.3 is 0 Å². The highest BCUT2D eigenvalue weighted by atomic mass is 35.5. The van der Waals surface area contributed by atoms with Gasteiger partial charge in [-0.25, -0.2) is 23.1 Å². The molecule has 11 heteroatoms. The van der Waals surface area contributed by atoms with Crippen molar-refractivity contribution >= 4 is 45.6 Å². The second-order valence-electron chi connectivity index (χ2n) is 7.18. The van der Waals surface area contributed by atoms with Gasteiger partial charge in [0.1, 0.15) is 0 Å². The van der Waals surface area contributed by atoms with Crippen molar-refractivity contribution in [3.05, 3.63) is 105 Å². The van der Waals surface area contributed by atoms with Crippen molar-refractivity contribution in [1.82, 2.24) is 19.7 Å². The summed E-state index contributed by atoms with van der Waals surface area (Å²) in [7, 11) is -3.85. The van der Waals surface area contributed by atoms with Crippen LogP contribution in [0.4, 0.5) is 5.95 Å². The molecule has 0 atom stereocenters. The van der Waals surface area contributed by atoms with Crippen LogP contribution in [0.3, 0.4) is 0 Å². The van der Waals surface area contributed by atoms with Crippen LogP contribution in [-0.4, -0.2) is 34.1 Å². The minimum Gasteiger partial charge on any atom is -0.292 e. The molecule has 172 valence electrons. The molecule has 4 rings (SSSR count). The number of anilines is 1. The number of carbonyl (C=O) groups excluding carboxylic acids is 1. The van der Waals surface area contributed by atoms with Crippen LogP contribution >= 0.6 is 11.6 Å². The number of aromatic nitrogens is 4. The van der Waals surface area contributed by atoms with Crippen LogP contribution < -0.4 is 10.3 Å². The predicted octanol–water partition coefficient (Wildman–Crippen LogP) is 3.59. The summed E-state index contributed by atoms with van der Waals surface area (Å²) in [5.74, 6) is -0.535. The Kier molecular flexibility index (Phi) is 6.44. The summed E-state index contributed by atoms with van der Waals surface area (Å²) in [6, 6.07) is 13.8. The van der Waals surface area contributed by atoms with Gasteiger partial charge in [-0.1, -0.05) is 29.8 Å². The van der Waals surface area contributed by atoms with Gasteiger partial charge in [-0.15, -0.1) is 0 Å². The molecule has 0 aliphatic carbocycles. The standard InChI is InChI=1S/C23H18ClN5O4S/c1-15-20(22(31)29(27-15)21(30)17-6-8-18(24)9-7-17)12-5-16-3-10-19(11-4-16)34(32,33)28-23-25-13-2-14-26-23/h2-14,27H,1H3,(H,25,26,28)/b12-5+. The minimum absolute atomic E-state index is 0.0289. The number of H-pyrrole nitrogens is 1. The molecule has 2 heterocycles. The molecule has 0 radical (unpaired) electrons. The average molecular weight is 496 g/mol. The Morgan fingerprint density at radius 1 is 1.03 bits per heavy atom. The molecule has 9 nitrogen and oxygen atoms in total. The zero-order valence-electron chi connectivity index (χ0n) is 17.8. The van der Waals surface area contributed by atoms with Crippen molar-refractivity contribution in [3.8, 4) is 0 Å². The van der Waals surface area contributed by atoms with Crippen LogP contribution in [0.5, 0.6) is 0 Å². The largest absolute Gasteiger partial charge is 0.292 e. The van der Waals surface area contributed by atoms with Crippen molar-refractivity contribution in [2.24, 2.45) is 0 Å². The van der Waals surface area contributed by atoms with Crippen molar-refractivity contribution < 1.29 is 13.2 Å². The molecule has 0 saturated carbocycles. The SMILES string of the molecule is Cc1[nH]n(C(=O)c2ccc(Cl)cc2)c(=O)c1/C=C/c1ccc(S(=O)(=O)Nc2ncccn2)cc1. The minimum atomic E-state index is -3.85. The summed E-state index contributed by atoms with van der Waals surface area (Å²) < 4.78 is 28.2. The maximum absolute atomic E-state index is 12.8. The first kappa shape index (κ1) is 23.1. The van der Waals surface area contributed by atoms with Gasteiger partial charge in [0.2, 0.25) is 5.95 Å². The zero-order valence-corrected chi connectivity index (χ0v) is 19.3. The van der Waals surface area contributed by atoms with E-state index in [9.17, 15) is 18.0 Å². The number of hydrogen-bond acceptors (Lipinski definition) is 6. The average Bonchev–Trinajstić information content (AvgIpc) is 3.11. The number of aryl methyl sites for hydroxylation is 1. The first-order chi connectivity index (χ1) is 16.2. The Labute approximate surface area is 199 Å². The van der Waals surface area contributed by atoms with Crippen molar-refractivity contribution in [2.75, 3.05) is 4.72 Å². The number of carbonyl (C=O) groups is 1. The molecule has 2 aromatic carbocycles. The van der Waals surface area contributed by atoms with Crippen LogP contribution in [0.1, 0.15) is 27.2 Å². The van der Waals surface area contributed by atoms with Gasteiger partial charge in [-0.2, -0.15) is 4.68 Å². The molecular formula is C23H18ClN5O4S. The highest BCUT2D eigenvalue weighted by Gasteiger charge is 2.17. The van der Waals surface area contributed by atoms with E-state index < -0.39 is 21.5 Å². The van der Waals surface area contributed by atoms with Crippen molar-refractivity contribution in [3.63, 3.8) is 0 Å². The van der Waals surface area contributed by atoms with E-state index in [0.29, 0.717) is 27.4 Å². The Hall–Kier alpha value is -4.02. The fourth-order valence-corrected chi connectivity index (χ4v) is 4.17. The molecule has 0 aliphatic heterocycles. The Bertz CT molecular complexity index is 1530. The maximum Gasteiger partial charge on any atom is 0.281 e. The zero-order chi connectivity index (χ0) is 24.3. The van der Waals surface area contributed by atoms with Crippen LogP contribution in [0.2, 0.25) is 5.02 Å². The summed E-state index contributed by atoms with van der Waals surface area (Å²) in [5, 5.41) is 3.27. The molecular weight excluding hydrogens is 478 g/mol. The fraction of sp³-hybridized carbons (Fsp3) is 0.0435. The van der Waals surface area contributed by atoms with Crippen LogP contribution in [0.15, 0.2) is 76.7 Å². The summed E-state index contributed by atoms with van der Waals surface area (Å²) in [6.45, 7) is 1.68. The van der Waals surface area contributed by atoms with Gasteiger partial charge < -0.3 is 0 Å². The highest BCUT2D eigenvalue weighted by Crippen LogP contribution is 2.16. The molecule has 0 saturated heterocycles. The van der Waals surface area contributed by atoms with E-state index in [1.165, 1.54) is 36.7 Å². The van der Waals surface area contributed by atoms with Gasteiger partial charge in [-0.05, 0) is 61.0 Å². The van der Waals surface area contributed by atoms with E-state index in [4.69, 9.17) is 11.6 Å². The van der Waals surface area contributed by atoms with E-state index in [-0.39, 0.29) is 10.8 Å². The monoisotopic (exact) mass is 495 g/mol. The number of sulfonamides is 1. The lowest BCUT2D eigenvalue weighted by molar-refractivity contribution is 0.0941. The lowest BCUT2D eigenvalue weighted by Crippen LogP contribution is -2.26. The van der Waals surface area contributed by atoms with Crippen LogP contribution in [-0.2, 0) is 10.0 Å². The Morgan fingerprint density at radius 3 is 2.32 bits per heavy atom. The molecule has 2 aromatic heterocycles. The van der Waals surface area contributed by atoms with Gasteiger partial charge in [0.05, 0.1) is 10.5 Å². The lowest BCUT2D eigenvalue weighted by atomic mass is 10.1. The molecule has 0 bridgehead atoms. The summed E-state index contributed by atoms with van der Waals surface area (Å²) in [5.41, 5.74) is 1.29. The predicted molar refractivity (Wildman–Crippen MR) is 129 cm³/mol. The molecule has 0 spiro atoms. The van der Waals surface area contributed by atoms with Crippen molar-refractivity contribution in [1.29, 1.82) is 0 Å². The topological polar surface area (TPSA) is 127 Å². The van der Waals surface area contributed by atoms with Gasteiger partial charge in [0.25, 0.3) is 21.5 Å². The van der Waals surface area contributed by atoms with E-state index in [1.807, 2.05) is 0 Å². The Balaban J connectivity index is 1.53. The number of hydrogen-bond donors (Lipinski definition) is 2. The first-order valence-corrected chi connectivity index (χ1v) is 11.8. The second kappa shape index (κ2) is 9.46. The summed E-state index contributed by atoms with van der Waals surface area (Å²) >= 11 is 5.85. The number of halogens is 1. The molecule has 0 fully saturated rings. The van der Waals surface area contributed by atoms with E-state index in [1.54, 1.807) is 49.4 Å². The van der Waals surface area contributed by atoms with E-state index >= 15 is 0 Å². The molecule has 34 heavy (non-hydrogen) atoms. The number of benzene rings is 2. The highest BCUT2D eigenvalue weighted by molar-refractivity contribution is 7.92. The van der Waals surface area contributed by atoms with Crippen molar-refractivity contribution in [2.45, 2.75) is 11.8 Å². The smallest absolute Gasteiger partial charge is 0.281 e. The number of rotatable bonds is 6. The summed E-state index contributed by atoms with van der Waals surface area (Å²) in [4.78, 5) is 33.2. The first-order valence-electron chi connectivity index (χ1n) is 9.94. The van der Waals surface area contributed by atoms with Gasteiger partial charge in [-0.3, -0.25) is 14.7 Å². The molecule has 4 aromatic rings. The maximum atomic E-state index is 12.8. The third kappa shape index (κ3) is 4.98. The third-order valence-electron chi connectivity index (χ3n) is 4.84. The molecule has 0 aliphatic rings. The van der Waals surface area contributed by atoms with E-state index in [2.05, 4.69) is 19.8 Å². The van der Waals surface area contributed by atoms with Gasteiger partial charge in [0, 0.05) is 28.7 Å². The molecule has 0 amide bonds. The molecule has 2 N–H and O–H groups in total. The van der Waals surface area contributed by atoms with E-state index in [0.717, 1.165) is 4.68 Å². The Morgan fingerprint density at radius 2 is 1.68 bits per heavy atom. The quantitative estimate of drug-likeness (QED) is 0.421. The van der Waals surface area contributed by atoms with Gasteiger partial charge in [0.15, 0.2) is 0 Å².